The summed E-state index contributed by atoms with van der Waals surface area (Å²) in [7, 11) is 0. The van der Waals surface area contributed by atoms with Gasteiger partial charge in [-0.25, -0.2) is 4.98 Å². The van der Waals surface area contributed by atoms with Gasteiger partial charge in [-0.3, -0.25) is 18.7 Å². The molecule has 0 atom stereocenters. The second-order valence-electron chi connectivity index (χ2n) is 17.7. The average molecular weight is 758 g/mol. The van der Waals surface area contributed by atoms with E-state index in [-0.39, 0.29) is 34.7 Å². The van der Waals surface area contributed by atoms with Gasteiger partial charge in [0.25, 0.3) is 6.33 Å². The van der Waals surface area contributed by atoms with E-state index in [1.165, 1.54) is 9.13 Å². The van der Waals surface area contributed by atoms with Crippen LogP contribution in [0.15, 0.2) is 134 Å². The number of ether oxygens (including phenoxy) is 1. The molecule has 8 rings (SSSR count). The molecule has 6 heteroatoms. The highest BCUT2D eigenvalue weighted by Gasteiger charge is 2.20. The van der Waals surface area contributed by atoms with Crippen molar-refractivity contribution in [3.8, 4) is 39.9 Å². The number of nitrogens with zero attached hydrogens (tertiary/aromatic N) is 5. The summed E-state index contributed by atoms with van der Waals surface area (Å²) in [6.07, 6.45) is 2.37. The average Bonchev–Trinajstić information content (AvgIpc) is 3.72. The number of hydrogen-bond donors (Lipinski definition) is 0. The lowest BCUT2D eigenvalue weighted by molar-refractivity contribution is -0.599. The Balaban J connectivity index is 1.20. The van der Waals surface area contributed by atoms with Crippen molar-refractivity contribution >= 4 is 21.8 Å². The molecular weight excluding hydrogens is 699 g/mol. The molecule has 0 saturated heterocycles. The van der Waals surface area contributed by atoms with Crippen molar-refractivity contribution in [1.82, 2.24) is 19.1 Å². The van der Waals surface area contributed by atoms with Gasteiger partial charge in [0.2, 0.25) is 0 Å². The van der Waals surface area contributed by atoms with Crippen LogP contribution in [0.3, 0.4) is 0 Å². The summed E-state index contributed by atoms with van der Waals surface area (Å²) in [5, 5.41) is 2.12. The minimum atomic E-state index is -1.86. The van der Waals surface area contributed by atoms with Crippen LogP contribution in [0.1, 0.15) is 87.2 Å². The Morgan fingerprint density at radius 2 is 1.33 bits per heavy atom. The summed E-state index contributed by atoms with van der Waals surface area (Å²) in [4.78, 5) is 9.40. The van der Waals surface area contributed by atoms with Crippen molar-refractivity contribution < 1.29 is 17.5 Å². The van der Waals surface area contributed by atoms with Gasteiger partial charge >= 0.3 is 0 Å². The number of benzene rings is 4. The SMILES string of the molecule is [2H]c1c([2H])[n+](-c2cc(C([2H])([2H])C(C)(C)C)cc(C([2H])([2H])C(C)(C)C)c2)[c-]n1-c1cc(Oc2ccc3c4cc(-c5ccccc5)ccc4n(-c4cc(C(C)(C)C)ccn4)c3c2)ccn1. The minimum Gasteiger partial charge on any atom is -0.458 e. The maximum atomic E-state index is 9.09. The van der Waals surface area contributed by atoms with Gasteiger partial charge in [0, 0.05) is 53.1 Å². The van der Waals surface area contributed by atoms with Crippen LogP contribution in [0.5, 0.6) is 11.5 Å². The Kier molecular flexibility index (Phi) is 7.91. The maximum Gasteiger partial charge on any atom is 0.270 e. The Labute approximate surface area is 345 Å². The van der Waals surface area contributed by atoms with Crippen molar-refractivity contribution in [2.24, 2.45) is 10.8 Å². The van der Waals surface area contributed by atoms with Crippen LogP contribution >= 0.6 is 0 Å². The van der Waals surface area contributed by atoms with E-state index in [1.807, 2.05) is 36.5 Å². The predicted molar refractivity (Wildman–Crippen MR) is 233 cm³/mol. The fourth-order valence-electron chi connectivity index (χ4n) is 7.08. The second-order valence-corrected chi connectivity index (χ2v) is 17.7. The van der Waals surface area contributed by atoms with Crippen LogP contribution in [0, 0.1) is 17.2 Å². The molecule has 0 N–H and O–H groups in total. The van der Waals surface area contributed by atoms with E-state index in [0.717, 1.165) is 44.3 Å². The van der Waals surface area contributed by atoms with Crippen molar-refractivity contribution in [2.75, 3.05) is 0 Å². The molecular formula is C51H53N5O. The fourth-order valence-corrected chi connectivity index (χ4v) is 7.08. The highest BCUT2D eigenvalue weighted by molar-refractivity contribution is 6.10. The third-order valence-electron chi connectivity index (χ3n) is 9.56. The quantitative estimate of drug-likeness (QED) is 0.115. The second kappa shape index (κ2) is 14.5. The molecule has 57 heavy (non-hydrogen) atoms. The molecule has 0 aliphatic rings. The van der Waals surface area contributed by atoms with E-state index < -0.39 is 23.6 Å². The predicted octanol–water partition coefficient (Wildman–Crippen LogP) is 12.4. The lowest BCUT2D eigenvalue weighted by Gasteiger charge is -2.22. The van der Waals surface area contributed by atoms with E-state index in [0.29, 0.717) is 17.2 Å². The minimum absolute atomic E-state index is 0.0859. The van der Waals surface area contributed by atoms with E-state index >= 15 is 0 Å². The van der Waals surface area contributed by atoms with Crippen LogP contribution in [0.2, 0.25) is 0 Å². The highest BCUT2D eigenvalue weighted by atomic mass is 16.5. The first-order chi connectivity index (χ1) is 29.5. The summed E-state index contributed by atoms with van der Waals surface area (Å²) in [6.45, 7) is 17.4. The normalized spacial score (nSPS) is 14.5. The van der Waals surface area contributed by atoms with E-state index in [2.05, 4.69) is 85.2 Å². The van der Waals surface area contributed by atoms with Gasteiger partial charge in [-0.1, -0.05) is 116 Å². The molecule has 4 aromatic heterocycles. The van der Waals surface area contributed by atoms with Crippen LogP contribution in [-0.2, 0) is 18.2 Å². The van der Waals surface area contributed by atoms with E-state index in [1.54, 1.807) is 78.1 Å². The molecule has 0 radical (unpaired) electrons. The van der Waals surface area contributed by atoms with Gasteiger partial charge in [-0.05, 0) is 100 Å². The Morgan fingerprint density at radius 1 is 0.649 bits per heavy atom. The molecule has 0 unspecified atom stereocenters. The number of rotatable bonds is 8. The monoisotopic (exact) mass is 757 g/mol. The highest BCUT2D eigenvalue weighted by Crippen LogP contribution is 2.38. The van der Waals surface area contributed by atoms with Crippen LogP contribution in [0.4, 0.5) is 0 Å². The van der Waals surface area contributed by atoms with Crippen molar-refractivity contribution in [1.29, 1.82) is 0 Å². The standard InChI is InChI=1S/C51H53N5O/c1-49(2,3)32-35-25-36(33-50(4,5)6)27-40(26-35)54-23-24-55(34-54)47-31-42(20-22-52-47)57-41-16-17-43-44-28-38(37-13-11-10-12-14-37)15-18-45(44)56(46(43)30-41)48-29-39(19-21-53-48)51(7,8)9/h10-31H,32-33H2,1-9H3/i23D,24D,32D2,33D2. The van der Waals surface area contributed by atoms with Crippen LogP contribution < -0.4 is 9.30 Å². The first kappa shape index (κ1) is 31.1. The summed E-state index contributed by atoms with van der Waals surface area (Å²) < 4.78 is 65.8. The smallest absolute Gasteiger partial charge is 0.270 e. The van der Waals surface area contributed by atoms with Crippen molar-refractivity contribution in [3.63, 3.8) is 0 Å². The molecule has 4 aromatic carbocycles. The van der Waals surface area contributed by atoms with Crippen molar-refractivity contribution in [2.45, 2.75) is 80.5 Å². The molecule has 288 valence electrons. The maximum absolute atomic E-state index is 9.09. The summed E-state index contributed by atoms with van der Waals surface area (Å²) in [6, 6.07) is 35.3. The Morgan fingerprint density at radius 3 is 2.04 bits per heavy atom. The molecule has 4 heterocycles. The number of imidazole rings is 1. The molecule has 8 aromatic rings. The molecule has 0 spiro atoms. The van der Waals surface area contributed by atoms with Gasteiger partial charge in [0.05, 0.1) is 19.5 Å². The Bertz CT molecular complexity index is 2980. The van der Waals surface area contributed by atoms with Crippen LogP contribution in [0.25, 0.3) is 50.3 Å². The first-order valence-electron chi connectivity index (χ1n) is 22.4. The summed E-state index contributed by atoms with van der Waals surface area (Å²) >= 11 is 0. The third-order valence-corrected chi connectivity index (χ3v) is 9.56. The fraction of sp³-hybridized carbons (Fsp3) is 0.275. The molecule has 0 aliphatic heterocycles. The zero-order valence-corrected chi connectivity index (χ0v) is 34.2. The summed E-state index contributed by atoms with van der Waals surface area (Å²) in [5.74, 6) is 2.10. The van der Waals surface area contributed by atoms with Gasteiger partial charge in [0.15, 0.2) is 5.82 Å². The van der Waals surface area contributed by atoms with Gasteiger partial charge in [-0.2, -0.15) is 0 Å². The Hall–Kier alpha value is -6.01. The third kappa shape index (κ3) is 8.41. The topological polar surface area (TPSA) is 48.8 Å². The molecule has 0 fully saturated rings. The number of fused-ring (bicyclic) bond motifs is 3. The number of hydrogen-bond acceptors (Lipinski definition) is 3. The largest absolute Gasteiger partial charge is 0.458 e. The van der Waals surface area contributed by atoms with E-state index in [9.17, 15) is 0 Å². The number of aromatic nitrogens is 5. The molecule has 0 bridgehead atoms. The summed E-state index contributed by atoms with van der Waals surface area (Å²) in [5.41, 5.74) is 4.46. The number of pyridine rings is 2. The molecule has 0 amide bonds. The lowest BCUT2D eigenvalue weighted by Crippen LogP contribution is -2.29. The lowest BCUT2D eigenvalue weighted by atomic mass is 9.84. The van der Waals surface area contributed by atoms with E-state index in [4.69, 9.17) is 17.9 Å². The first-order valence-corrected chi connectivity index (χ1v) is 19.4. The molecule has 6 nitrogen and oxygen atoms in total. The van der Waals surface area contributed by atoms with Gasteiger partial charge in [0.1, 0.15) is 17.3 Å². The van der Waals surface area contributed by atoms with Gasteiger partial charge < -0.3 is 4.74 Å². The zero-order valence-electron chi connectivity index (χ0n) is 40.2. The molecule has 0 aliphatic carbocycles. The zero-order chi connectivity index (χ0) is 45.4. The van der Waals surface area contributed by atoms with Crippen LogP contribution in [-0.4, -0.2) is 19.1 Å². The van der Waals surface area contributed by atoms with Crippen molar-refractivity contribution in [3.05, 3.63) is 157 Å². The molecule has 0 saturated carbocycles. The van der Waals surface area contributed by atoms with Gasteiger partial charge in [-0.15, -0.1) is 0 Å².